The molecule has 0 aromatic carbocycles. The summed E-state index contributed by atoms with van der Waals surface area (Å²) in [5.74, 6) is 0. The Morgan fingerprint density at radius 1 is 0.300 bits per heavy atom. The zero-order valence-corrected chi connectivity index (χ0v) is 24.0. The van der Waals surface area contributed by atoms with Gasteiger partial charge in [0.2, 0.25) is 0 Å². The minimum atomic E-state index is -0.831. The lowest BCUT2D eigenvalue weighted by Crippen LogP contribution is -2.98. The SMILES string of the molecule is C[Si](C)(C)[Si]1[Si]([Si](C)(C)C)[Si]([Si](C)(C)C)[Si]1[Si](C)(C)C. The lowest BCUT2D eigenvalue weighted by Gasteiger charge is -2.65. The maximum atomic E-state index is 2.76. The van der Waals surface area contributed by atoms with Crippen LogP contribution in [0.4, 0.5) is 0 Å². The summed E-state index contributed by atoms with van der Waals surface area (Å²) >= 11 is 0. The Labute approximate surface area is 137 Å². The summed E-state index contributed by atoms with van der Waals surface area (Å²) in [5.41, 5.74) is 0. The van der Waals surface area contributed by atoms with E-state index in [1.165, 1.54) is 0 Å². The highest BCUT2D eigenvalue weighted by molar-refractivity contribution is 8.27. The van der Waals surface area contributed by atoms with Crippen LogP contribution in [0.5, 0.6) is 0 Å². The first-order valence-electron chi connectivity index (χ1n) is 8.00. The molecule has 0 bridgehead atoms. The molecule has 0 aliphatic carbocycles. The molecule has 1 rings (SSSR count). The summed E-state index contributed by atoms with van der Waals surface area (Å²) < 4.78 is 0. The molecular weight excluding hydrogens is 369 g/mol. The van der Waals surface area contributed by atoms with Crippen molar-refractivity contribution in [3.8, 4) is 0 Å². The molecule has 20 heavy (non-hydrogen) atoms. The van der Waals surface area contributed by atoms with Crippen LogP contribution in [0, 0.1) is 0 Å². The molecule has 8 heteroatoms. The molecule has 0 spiro atoms. The third-order valence-corrected chi connectivity index (χ3v) is 162. The van der Waals surface area contributed by atoms with Crippen LogP contribution in [0.15, 0.2) is 0 Å². The first-order valence-corrected chi connectivity index (χ1v) is 36.0. The highest BCUT2D eigenvalue weighted by Crippen LogP contribution is 2.37. The summed E-state index contributed by atoms with van der Waals surface area (Å²) in [4.78, 5) is 0. The van der Waals surface area contributed by atoms with Gasteiger partial charge in [-0.25, -0.2) is 0 Å². The van der Waals surface area contributed by atoms with Crippen molar-refractivity contribution in [1.82, 2.24) is 0 Å². The molecule has 116 valence electrons. The van der Waals surface area contributed by atoms with Gasteiger partial charge in [0.1, 0.15) is 0 Å². The lowest BCUT2D eigenvalue weighted by atomic mass is 11.8. The molecule has 1 aliphatic rings. The molecule has 0 saturated carbocycles. The molecule has 1 saturated heterocycles. The molecule has 4 radical (unpaired) electrons. The van der Waals surface area contributed by atoms with E-state index in [0.717, 1.165) is 0 Å². The molecule has 0 amide bonds. The topological polar surface area (TPSA) is 0 Å². The first kappa shape index (κ1) is 19.8. The van der Waals surface area contributed by atoms with Crippen LogP contribution in [-0.2, 0) is 0 Å². The third-order valence-electron chi connectivity index (χ3n) is 4.00. The van der Waals surface area contributed by atoms with Crippen molar-refractivity contribution in [2.45, 2.75) is 78.6 Å². The van der Waals surface area contributed by atoms with E-state index in [-0.39, 0.29) is 29.4 Å². The van der Waals surface area contributed by atoms with E-state index in [2.05, 4.69) is 78.6 Å². The van der Waals surface area contributed by atoms with E-state index in [1.807, 2.05) is 0 Å². The van der Waals surface area contributed by atoms with E-state index in [0.29, 0.717) is 0 Å². The highest BCUT2D eigenvalue weighted by Gasteiger charge is 2.67. The van der Waals surface area contributed by atoms with Crippen LogP contribution in [-0.4, -0.2) is 59.8 Å². The summed E-state index contributed by atoms with van der Waals surface area (Å²) in [6, 6.07) is 0. The van der Waals surface area contributed by atoms with Gasteiger partial charge < -0.3 is 0 Å². The Kier molecular flexibility index (Phi) is 5.61. The van der Waals surface area contributed by atoms with Crippen molar-refractivity contribution >= 4 is 59.8 Å². The average molecular weight is 405 g/mol. The second-order valence-electron chi connectivity index (χ2n) is 10.5. The quantitative estimate of drug-likeness (QED) is 0.622. The molecule has 0 nitrogen and oxygen atoms in total. The smallest absolute Gasteiger partial charge is 0.0290 e. The summed E-state index contributed by atoms with van der Waals surface area (Å²) in [5, 5.41) is 0. The highest BCUT2D eigenvalue weighted by atomic mass is 30.5. The standard InChI is InChI=1S/C12H36Si8/c1-17(2,3)13-14(18(4,5)6)16(20(10,11)12)15(13)19(7,8)9/h1-12H3. The van der Waals surface area contributed by atoms with Crippen molar-refractivity contribution in [3.63, 3.8) is 0 Å². The molecule has 1 fully saturated rings. The van der Waals surface area contributed by atoms with Gasteiger partial charge in [-0.15, -0.1) is 0 Å². The number of hydrogen-bond donors (Lipinski definition) is 0. The fourth-order valence-electron chi connectivity index (χ4n) is 3.44. The summed E-state index contributed by atoms with van der Waals surface area (Å²) in [6.07, 6.45) is 0. The van der Waals surface area contributed by atoms with E-state index in [1.54, 1.807) is 0 Å². The van der Waals surface area contributed by atoms with Crippen LogP contribution in [0.2, 0.25) is 78.6 Å². The van der Waals surface area contributed by atoms with Gasteiger partial charge >= 0.3 is 0 Å². The Balaban J connectivity index is 3.33. The molecular formula is C12H36Si8. The normalized spacial score (nSPS) is 22.2. The van der Waals surface area contributed by atoms with Gasteiger partial charge in [0, 0.05) is 59.8 Å². The molecule has 1 aliphatic heterocycles. The zero-order chi connectivity index (χ0) is 16.3. The van der Waals surface area contributed by atoms with Crippen molar-refractivity contribution in [2.24, 2.45) is 0 Å². The molecule has 0 aromatic rings. The van der Waals surface area contributed by atoms with Gasteiger partial charge in [-0.2, -0.15) is 0 Å². The van der Waals surface area contributed by atoms with Crippen LogP contribution in [0.25, 0.3) is 0 Å². The number of rotatable bonds is 4. The molecule has 0 N–H and O–H groups in total. The van der Waals surface area contributed by atoms with Crippen molar-refractivity contribution in [3.05, 3.63) is 0 Å². The van der Waals surface area contributed by atoms with Gasteiger partial charge in [-0.3, -0.25) is 0 Å². The largest absolute Gasteiger partial charge is 0.0721 e. The minimum Gasteiger partial charge on any atom is -0.0721 e. The predicted molar refractivity (Wildman–Crippen MR) is 116 cm³/mol. The second kappa shape index (κ2) is 5.67. The fourth-order valence-corrected chi connectivity index (χ4v) is 339. The van der Waals surface area contributed by atoms with Crippen LogP contribution in [0.1, 0.15) is 0 Å². The first-order chi connectivity index (χ1) is 8.49. The minimum absolute atomic E-state index is 0.160. The predicted octanol–water partition coefficient (Wildman–Crippen LogP) is 3.96. The molecule has 0 aromatic heterocycles. The molecule has 0 unspecified atom stereocenters. The summed E-state index contributed by atoms with van der Waals surface area (Å²) in [6.45, 7) is 33.2. The van der Waals surface area contributed by atoms with E-state index >= 15 is 0 Å². The Morgan fingerprint density at radius 2 is 0.400 bits per heavy atom. The van der Waals surface area contributed by atoms with Gasteiger partial charge in [0.05, 0.1) is 0 Å². The van der Waals surface area contributed by atoms with Crippen LogP contribution < -0.4 is 0 Å². The lowest BCUT2D eigenvalue weighted by molar-refractivity contribution is 1.82. The van der Waals surface area contributed by atoms with Crippen molar-refractivity contribution < 1.29 is 0 Å². The van der Waals surface area contributed by atoms with Gasteiger partial charge in [-0.1, -0.05) is 78.6 Å². The van der Waals surface area contributed by atoms with Crippen molar-refractivity contribution in [2.75, 3.05) is 0 Å². The number of hydrogen-bond acceptors (Lipinski definition) is 0. The van der Waals surface area contributed by atoms with E-state index in [9.17, 15) is 0 Å². The van der Waals surface area contributed by atoms with Crippen molar-refractivity contribution in [1.29, 1.82) is 0 Å². The van der Waals surface area contributed by atoms with Crippen LogP contribution in [0.3, 0.4) is 0 Å². The van der Waals surface area contributed by atoms with Gasteiger partial charge in [-0.05, 0) is 0 Å². The second-order valence-corrected chi connectivity index (χ2v) is 85.5. The Hall–Kier alpha value is 1.74. The van der Waals surface area contributed by atoms with Crippen LogP contribution >= 0.6 is 0 Å². The van der Waals surface area contributed by atoms with E-state index < -0.39 is 30.4 Å². The van der Waals surface area contributed by atoms with E-state index in [4.69, 9.17) is 0 Å². The average Bonchev–Trinajstić information content (AvgIpc) is 1.86. The monoisotopic (exact) mass is 404 g/mol. The Bertz CT molecular complexity index is 274. The maximum Gasteiger partial charge on any atom is 0.0290 e. The summed E-state index contributed by atoms with van der Waals surface area (Å²) in [7, 11) is -2.68. The molecule has 1 heterocycles. The van der Waals surface area contributed by atoms with Gasteiger partial charge in [0.25, 0.3) is 0 Å². The third kappa shape index (κ3) is 3.98. The fraction of sp³-hybridized carbons (Fsp3) is 1.00. The molecule has 0 atom stereocenters. The zero-order valence-electron chi connectivity index (χ0n) is 16.0. The maximum absolute atomic E-state index is 2.76. The van der Waals surface area contributed by atoms with Gasteiger partial charge in [0.15, 0.2) is 0 Å². The Morgan fingerprint density at radius 3 is 0.450 bits per heavy atom.